The molecule has 0 saturated carbocycles. The number of hydrogen-bond acceptors (Lipinski definition) is 2. The number of ether oxygens (including phenoxy) is 1. The zero-order chi connectivity index (χ0) is 13.7. The van der Waals surface area contributed by atoms with E-state index in [1.807, 2.05) is 24.0 Å². The lowest BCUT2D eigenvalue weighted by Crippen LogP contribution is -2.42. The minimum atomic E-state index is 0.174. The van der Waals surface area contributed by atoms with Gasteiger partial charge in [-0.3, -0.25) is 4.79 Å². The summed E-state index contributed by atoms with van der Waals surface area (Å²) in [6.45, 7) is 4.15. The van der Waals surface area contributed by atoms with Gasteiger partial charge in [-0.15, -0.1) is 0 Å². The highest BCUT2D eigenvalue weighted by molar-refractivity contribution is 9.10. The van der Waals surface area contributed by atoms with Gasteiger partial charge in [0.15, 0.2) is 0 Å². The van der Waals surface area contributed by atoms with Crippen molar-refractivity contribution < 1.29 is 9.53 Å². The number of hydrogen-bond donors (Lipinski definition) is 0. The van der Waals surface area contributed by atoms with Crippen LogP contribution in [0.5, 0.6) is 0 Å². The molecule has 0 bridgehead atoms. The molecule has 0 N–H and O–H groups in total. The van der Waals surface area contributed by atoms with Gasteiger partial charge in [-0.05, 0) is 30.5 Å². The van der Waals surface area contributed by atoms with E-state index in [-0.39, 0.29) is 12.0 Å². The molecule has 1 aromatic rings. The maximum absolute atomic E-state index is 11.7. The topological polar surface area (TPSA) is 29.5 Å². The Morgan fingerprint density at radius 2 is 2.16 bits per heavy atom. The third kappa shape index (κ3) is 4.32. The molecule has 0 aliphatic carbocycles. The maximum Gasteiger partial charge on any atom is 0.222 e. The lowest BCUT2D eigenvalue weighted by Gasteiger charge is -2.32. The molecule has 2 rings (SSSR count). The molecule has 0 aromatic heterocycles. The summed E-state index contributed by atoms with van der Waals surface area (Å²) in [7, 11) is 0. The van der Waals surface area contributed by atoms with Gasteiger partial charge in [0, 0.05) is 24.0 Å². The number of piperidine rings is 1. The van der Waals surface area contributed by atoms with Crippen molar-refractivity contribution in [2.24, 2.45) is 0 Å². The fourth-order valence-corrected chi connectivity index (χ4v) is 2.58. The standard InChI is InChI=1S/C15H20BrNO2/c1-2-15(18)17-9-3-4-14(10-17)19-11-12-5-7-13(16)8-6-12/h5-8,14H,2-4,9-11H2,1H3. The molecule has 0 spiro atoms. The van der Waals surface area contributed by atoms with E-state index in [2.05, 4.69) is 28.1 Å². The van der Waals surface area contributed by atoms with Crippen LogP contribution in [0.4, 0.5) is 0 Å². The Balaban J connectivity index is 1.82. The van der Waals surface area contributed by atoms with Crippen LogP contribution in [0.1, 0.15) is 31.7 Å². The van der Waals surface area contributed by atoms with Crippen molar-refractivity contribution in [2.45, 2.75) is 38.9 Å². The third-order valence-electron chi connectivity index (χ3n) is 3.43. The molecule has 1 amide bonds. The normalized spacial score (nSPS) is 19.5. The summed E-state index contributed by atoms with van der Waals surface area (Å²) in [6.07, 6.45) is 2.84. The quantitative estimate of drug-likeness (QED) is 0.849. The summed E-state index contributed by atoms with van der Waals surface area (Å²) in [6, 6.07) is 8.16. The molecule has 1 aliphatic rings. The lowest BCUT2D eigenvalue weighted by atomic mass is 10.1. The van der Waals surface area contributed by atoms with Crippen molar-refractivity contribution >= 4 is 21.8 Å². The van der Waals surface area contributed by atoms with Gasteiger partial charge in [-0.25, -0.2) is 0 Å². The molecule has 19 heavy (non-hydrogen) atoms. The van der Waals surface area contributed by atoms with Crippen LogP contribution in [0.25, 0.3) is 0 Å². The van der Waals surface area contributed by atoms with Gasteiger partial charge in [0.25, 0.3) is 0 Å². The van der Waals surface area contributed by atoms with E-state index in [0.29, 0.717) is 13.0 Å². The molecule has 1 unspecified atom stereocenters. The van der Waals surface area contributed by atoms with Crippen LogP contribution in [-0.4, -0.2) is 30.0 Å². The summed E-state index contributed by atoms with van der Waals surface area (Å²) >= 11 is 3.42. The number of carbonyl (C=O) groups is 1. The first-order chi connectivity index (χ1) is 9.19. The van der Waals surface area contributed by atoms with Gasteiger partial charge in [0.1, 0.15) is 0 Å². The van der Waals surface area contributed by atoms with E-state index in [9.17, 15) is 4.79 Å². The molecular weight excluding hydrogens is 306 g/mol. The number of benzene rings is 1. The van der Waals surface area contributed by atoms with E-state index in [1.165, 1.54) is 5.56 Å². The molecular formula is C15H20BrNO2. The Labute approximate surface area is 123 Å². The van der Waals surface area contributed by atoms with Crippen LogP contribution in [0.2, 0.25) is 0 Å². The van der Waals surface area contributed by atoms with Crippen molar-refractivity contribution in [3.8, 4) is 0 Å². The summed E-state index contributed by atoms with van der Waals surface area (Å²) < 4.78 is 7.00. The first-order valence-electron chi connectivity index (χ1n) is 6.83. The molecule has 104 valence electrons. The molecule has 1 heterocycles. The predicted molar refractivity (Wildman–Crippen MR) is 78.8 cm³/mol. The van der Waals surface area contributed by atoms with Gasteiger partial charge >= 0.3 is 0 Å². The Morgan fingerprint density at radius 3 is 2.84 bits per heavy atom. The van der Waals surface area contributed by atoms with E-state index in [4.69, 9.17) is 4.74 Å². The van der Waals surface area contributed by atoms with E-state index in [0.717, 1.165) is 30.4 Å². The van der Waals surface area contributed by atoms with Crippen molar-refractivity contribution in [3.63, 3.8) is 0 Å². The van der Waals surface area contributed by atoms with Crippen LogP contribution >= 0.6 is 15.9 Å². The molecule has 1 fully saturated rings. The minimum absolute atomic E-state index is 0.174. The van der Waals surface area contributed by atoms with Gasteiger partial charge < -0.3 is 9.64 Å². The SMILES string of the molecule is CCC(=O)N1CCCC(OCc2ccc(Br)cc2)C1. The second kappa shape index (κ2) is 7.06. The van der Waals surface area contributed by atoms with Crippen LogP contribution in [0.3, 0.4) is 0 Å². The van der Waals surface area contributed by atoms with Gasteiger partial charge in [0.2, 0.25) is 5.91 Å². The molecule has 3 nitrogen and oxygen atoms in total. The zero-order valence-electron chi connectivity index (χ0n) is 11.3. The number of halogens is 1. The van der Waals surface area contributed by atoms with Crippen LogP contribution in [0, 0.1) is 0 Å². The van der Waals surface area contributed by atoms with E-state index < -0.39 is 0 Å². The van der Waals surface area contributed by atoms with Crippen molar-refractivity contribution in [3.05, 3.63) is 34.3 Å². The van der Waals surface area contributed by atoms with E-state index >= 15 is 0 Å². The molecule has 1 atom stereocenters. The fourth-order valence-electron chi connectivity index (χ4n) is 2.32. The fraction of sp³-hybridized carbons (Fsp3) is 0.533. The molecule has 0 radical (unpaired) electrons. The second-order valence-corrected chi connectivity index (χ2v) is 5.81. The smallest absolute Gasteiger partial charge is 0.222 e. The van der Waals surface area contributed by atoms with Crippen molar-refractivity contribution in [1.82, 2.24) is 4.90 Å². The Morgan fingerprint density at radius 1 is 1.42 bits per heavy atom. The first-order valence-corrected chi connectivity index (χ1v) is 7.62. The van der Waals surface area contributed by atoms with Crippen molar-refractivity contribution in [1.29, 1.82) is 0 Å². The van der Waals surface area contributed by atoms with E-state index in [1.54, 1.807) is 0 Å². The number of carbonyl (C=O) groups excluding carboxylic acids is 1. The summed E-state index contributed by atoms with van der Waals surface area (Å²) in [5, 5.41) is 0. The highest BCUT2D eigenvalue weighted by Crippen LogP contribution is 2.17. The highest BCUT2D eigenvalue weighted by atomic mass is 79.9. The van der Waals surface area contributed by atoms with Crippen LogP contribution in [-0.2, 0) is 16.1 Å². The minimum Gasteiger partial charge on any atom is -0.372 e. The average molecular weight is 326 g/mol. The Hall–Kier alpha value is -0.870. The molecule has 1 saturated heterocycles. The summed E-state index contributed by atoms with van der Waals surface area (Å²) in [5.41, 5.74) is 1.17. The average Bonchev–Trinajstić information content (AvgIpc) is 2.46. The van der Waals surface area contributed by atoms with Gasteiger partial charge in [-0.2, -0.15) is 0 Å². The monoisotopic (exact) mass is 325 g/mol. The largest absolute Gasteiger partial charge is 0.372 e. The number of rotatable bonds is 4. The Bertz CT molecular complexity index is 419. The second-order valence-electron chi connectivity index (χ2n) is 4.90. The van der Waals surface area contributed by atoms with Crippen molar-refractivity contribution in [2.75, 3.05) is 13.1 Å². The first kappa shape index (κ1) is 14.5. The number of likely N-dealkylation sites (tertiary alicyclic amines) is 1. The maximum atomic E-state index is 11.7. The number of nitrogens with zero attached hydrogens (tertiary/aromatic N) is 1. The van der Waals surface area contributed by atoms with Gasteiger partial charge in [0.05, 0.1) is 12.7 Å². The Kier molecular flexibility index (Phi) is 5.40. The third-order valence-corrected chi connectivity index (χ3v) is 3.96. The molecule has 1 aromatic carbocycles. The zero-order valence-corrected chi connectivity index (χ0v) is 12.9. The summed E-state index contributed by atoms with van der Waals surface area (Å²) in [5.74, 6) is 0.233. The lowest BCUT2D eigenvalue weighted by molar-refractivity contribution is -0.135. The molecule has 4 heteroatoms. The predicted octanol–water partition coefficient (Wildman–Crippen LogP) is 3.37. The highest BCUT2D eigenvalue weighted by Gasteiger charge is 2.22. The number of amides is 1. The van der Waals surface area contributed by atoms with Crippen LogP contribution in [0.15, 0.2) is 28.7 Å². The van der Waals surface area contributed by atoms with Gasteiger partial charge in [-0.1, -0.05) is 35.0 Å². The van der Waals surface area contributed by atoms with Crippen LogP contribution < -0.4 is 0 Å². The molecule has 1 aliphatic heterocycles. The summed E-state index contributed by atoms with van der Waals surface area (Å²) in [4.78, 5) is 13.6.